The van der Waals surface area contributed by atoms with Crippen molar-refractivity contribution in [2.45, 2.75) is 39.8 Å². The molecule has 0 radical (unpaired) electrons. The molecule has 1 amide bonds. The Bertz CT molecular complexity index is 705. The molecule has 0 spiro atoms. The van der Waals surface area contributed by atoms with Gasteiger partial charge in [0.2, 0.25) is 5.91 Å². The van der Waals surface area contributed by atoms with Gasteiger partial charge < -0.3 is 15.4 Å². The Morgan fingerprint density at radius 1 is 1.43 bits per heavy atom. The topological polar surface area (TPSA) is 108 Å². The van der Waals surface area contributed by atoms with Crippen LogP contribution in [0.4, 0.5) is 5.82 Å². The van der Waals surface area contributed by atoms with Crippen molar-refractivity contribution in [3.8, 4) is 0 Å². The quantitative estimate of drug-likeness (QED) is 0.471. The third-order valence-corrected chi connectivity index (χ3v) is 3.62. The number of carbonyl (C=O) groups is 1. The minimum Gasteiger partial charge on any atom is -0.358 e. The van der Waals surface area contributed by atoms with Crippen molar-refractivity contribution in [2.24, 2.45) is 0 Å². The van der Waals surface area contributed by atoms with Gasteiger partial charge in [-0.2, -0.15) is 9.78 Å². The number of nitrogens with zero attached hydrogens (tertiary/aromatic N) is 5. The second kappa shape index (κ2) is 7.03. The van der Waals surface area contributed by atoms with Crippen molar-refractivity contribution in [2.75, 3.05) is 6.54 Å². The summed E-state index contributed by atoms with van der Waals surface area (Å²) >= 11 is 0. The highest BCUT2D eigenvalue weighted by atomic mass is 16.6. The number of aromatic nitrogens is 4. The lowest BCUT2D eigenvalue weighted by Crippen LogP contribution is -2.33. The van der Waals surface area contributed by atoms with Gasteiger partial charge in [0, 0.05) is 25.0 Å². The molecule has 0 saturated heterocycles. The average molecular weight is 320 g/mol. The molecule has 1 N–H and O–H groups in total. The van der Waals surface area contributed by atoms with Gasteiger partial charge in [-0.3, -0.25) is 9.48 Å². The number of amides is 1. The van der Waals surface area contributed by atoms with Crippen LogP contribution in [0.2, 0.25) is 0 Å². The molecular formula is C14H20N6O3. The fourth-order valence-electron chi connectivity index (χ4n) is 2.28. The van der Waals surface area contributed by atoms with E-state index in [1.165, 1.54) is 10.7 Å². The highest BCUT2D eigenvalue weighted by Gasteiger charge is 2.24. The van der Waals surface area contributed by atoms with Crippen LogP contribution in [0.25, 0.3) is 0 Å². The minimum absolute atomic E-state index is 0.219. The van der Waals surface area contributed by atoms with Gasteiger partial charge in [-0.15, -0.1) is 0 Å². The van der Waals surface area contributed by atoms with Gasteiger partial charge in [0.05, 0.1) is 16.9 Å². The van der Waals surface area contributed by atoms with E-state index < -0.39 is 11.0 Å². The first-order valence-corrected chi connectivity index (χ1v) is 7.37. The van der Waals surface area contributed by atoms with E-state index in [1.807, 2.05) is 17.7 Å². The lowest BCUT2D eigenvalue weighted by molar-refractivity contribution is -0.389. The van der Waals surface area contributed by atoms with Crippen LogP contribution in [-0.4, -0.2) is 36.9 Å². The number of nitro groups is 1. The largest absolute Gasteiger partial charge is 0.390 e. The normalized spacial score (nSPS) is 12.1. The molecule has 2 aromatic rings. The Morgan fingerprint density at radius 2 is 2.17 bits per heavy atom. The molecule has 0 aromatic carbocycles. The first-order chi connectivity index (χ1) is 10.9. The molecule has 0 aliphatic rings. The average Bonchev–Trinajstić information content (AvgIpc) is 3.09. The third kappa shape index (κ3) is 3.93. The summed E-state index contributed by atoms with van der Waals surface area (Å²) in [5, 5.41) is 21.6. The van der Waals surface area contributed by atoms with E-state index in [1.54, 1.807) is 20.0 Å². The van der Waals surface area contributed by atoms with Gasteiger partial charge in [-0.25, -0.2) is 0 Å². The Labute approximate surface area is 133 Å². The lowest BCUT2D eigenvalue weighted by atomic mass is 10.3. The van der Waals surface area contributed by atoms with Crippen molar-refractivity contribution in [3.63, 3.8) is 0 Å². The van der Waals surface area contributed by atoms with E-state index >= 15 is 0 Å². The zero-order chi connectivity index (χ0) is 17.0. The molecule has 9 heteroatoms. The highest BCUT2D eigenvalue weighted by molar-refractivity contribution is 5.79. The summed E-state index contributed by atoms with van der Waals surface area (Å²) in [6.45, 7) is 6.55. The lowest BCUT2D eigenvalue weighted by Gasteiger charge is -2.11. The molecule has 2 rings (SSSR count). The fourth-order valence-corrected chi connectivity index (χ4v) is 2.28. The molecule has 2 heterocycles. The van der Waals surface area contributed by atoms with E-state index in [0.717, 1.165) is 18.7 Å². The maximum Gasteiger partial charge on any atom is 0.390 e. The number of carbonyl (C=O) groups excluding carboxylic acids is 1. The molecule has 2 aromatic heterocycles. The molecule has 0 fully saturated rings. The van der Waals surface area contributed by atoms with Crippen LogP contribution in [0.3, 0.4) is 0 Å². The predicted octanol–water partition coefficient (Wildman–Crippen LogP) is 1.37. The van der Waals surface area contributed by atoms with Crippen LogP contribution in [0.1, 0.15) is 30.8 Å². The molecule has 0 bridgehead atoms. The van der Waals surface area contributed by atoms with Crippen LogP contribution >= 0.6 is 0 Å². The molecule has 124 valence electrons. The summed E-state index contributed by atoms with van der Waals surface area (Å²) in [4.78, 5) is 22.3. The molecule has 0 aliphatic carbocycles. The predicted molar refractivity (Wildman–Crippen MR) is 82.9 cm³/mol. The summed E-state index contributed by atoms with van der Waals surface area (Å²) in [5.41, 5.74) is 1.65. The van der Waals surface area contributed by atoms with Crippen molar-refractivity contribution in [3.05, 3.63) is 39.8 Å². The van der Waals surface area contributed by atoms with E-state index in [9.17, 15) is 14.9 Å². The van der Waals surface area contributed by atoms with E-state index in [-0.39, 0.29) is 11.7 Å². The number of aryl methyl sites for hydroxylation is 3. The van der Waals surface area contributed by atoms with E-state index in [0.29, 0.717) is 12.2 Å². The van der Waals surface area contributed by atoms with Crippen molar-refractivity contribution < 1.29 is 9.72 Å². The van der Waals surface area contributed by atoms with Crippen LogP contribution in [-0.2, 0) is 11.3 Å². The first-order valence-electron chi connectivity index (χ1n) is 7.37. The van der Waals surface area contributed by atoms with Crippen LogP contribution in [0.5, 0.6) is 0 Å². The molecule has 23 heavy (non-hydrogen) atoms. The summed E-state index contributed by atoms with van der Waals surface area (Å²) in [6, 6.07) is 2.67. The summed E-state index contributed by atoms with van der Waals surface area (Å²) in [6.07, 6.45) is 2.49. The smallest absolute Gasteiger partial charge is 0.358 e. The molecule has 1 unspecified atom stereocenters. The second-order valence-electron chi connectivity index (χ2n) is 5.36. The maximum absolute atomic E-state index is 12.1. The number of rotatable bonds is 7. The van der Waals surface area contributed by atoms with Crippen LogP contribution in [0.15, 0.2) is 18.3 Å². The van der Waals surface area contributed by atoms with E-state index in [2.05, 4.69) is 15.5 Å². The van der Waals surface area contributed by atoms with Gasteiger partial charge in [0.15, 0.2) is 0 Å². The molecule has 1 atom stereocenters. The van der Waals surface area contributed by atoms with Crippen molar-refractivity contribution in [1.82, 2.24) is 24.9 Å². The zero-order valence-electron chi connectivity index (χ0n) is 13.4. The maximum atomic E-state index is 12.1. The van der Waals surface area contributed by atoms with Gasteiger partial charge in [0.1, 0.15) is 6.04 Å². The van der Waals surface area contributed by atoms with Gasteiger partial charge in [-0.05, 0) is 38.2 Å². The number of hydrogen-bond acceptors (Lipinski definition) is 5. The van der Waals surface area contributed by atoms with Gasteiger partial charge >= 0.3 is 5.82 Å². The summed E-state index contributed by atoms with van der Waals surface area (Å²) in [5.74, 6) is -0.473. The van der Waals surface area contributed by atoms with Gasteiger partial charge in [-0.1, -0.05) is 0 Å². The number of hydrogen-bond donors (Lipinski definition) is 1. The summed E-state index contributed by atoms with van der Waals surface area (Å²) < 4.78 is 3.24. The Kier molecular flexibility index (Phi) is 5.09. The Balaban J connectivity index is 1.85. The summed E-state index contributed by atoms with van der Waals surface area (Å²) in [7, 11) is 0. The first kappa shape index (κ1) is 16.7. The van der Waals surface area contributed by atoms with Crippen LogP contribution < -0.4 is 5.32 Å². The van der Waals surface area contributed by atoms with Crippen molar-refractivity contribution in [1.29, 1.82) is 0 Å². The van der Waals surface area contributed by atoms with Gasteiger partial charge in [0.25, 0.3) is 0 Å². The van der Waals surface area contributed by atoms with Crippen molar-refractivity contribution >= 4 is 11.7 Å². The Morgan fingerprint density at radius 3 is 2.74 bits per heavy atom. The highest BCUT2D eigenvalue weighted by Crippen LogP contribution is 2.16. The van der Waals surface area contributed by atoms with Crippen LogP contribution in [0, 0.1) is 24.0 Å². The molecule has 0 aliphatic heterocycles. The zero-order valence-corrected chi connectivity index (χ0v) is 13.4. The fraction of sp³-hybridized carbons (Fsp3) is 0.500. The SMILES string of the molecule is Cc1ccnn1CCCNC(=O)C(C)n1nc([N+](=O)[O-])cc1C. The standard InChI is InChI=1S/C14H20N6O3/c1-10-5-7-16-18(10)8-4-6-15-14(21)12(3)19-11(2)9-13(17-19)20(22)23/h5,7,9,12H,4,6,8H2,1-3H3,(H,15,21). The second-order valence-corrected chi connectivity index (χ2v) is 5.36. The third-order valence-electron chi connectivity index (χ3n) is 3.62. The van der Waals surface area contributed by atoms with E-state index in [4.69, 9.17) is 0 Å². The molecule has 9 nitrogen and oxygen atoms in total. The minimum atomic E-state index is -0.602. The monoisotopic (exact) mass is 320 g/mol. The Hall–Kier alpha value is -2.71. The number of nitrogens with one attached hydrogen (secondary N) is 1. The molecular weight excluding hydrogens is 300 g/mol. The molecule has 0 saturated carbocycles.